The van der Waals surface area contributed by atoms with Crippen molar-refractivity contribution in [1.29, 1.82) is 0 Å². The van der Waals surface area contributed by atoms with Gasteiger partial charge in [0.2, 0.25) is 5.95 Å². The molecule has 8 heteroatoms. The summed E-state index contributed by atoms with van der Waals surface area (Å²) in [4.78, 5) is 1.81. The van der Waals surface area contributed by atoms with E-state index in [9.17, 15) is 9.50 Å². The molecule has 0 aliphatic rings. The van der Waals surface area contributed by atoms with Crippen LogP contribution in [0, 0.1) is 5.82 Å². The highest BCUT2D eigenvalue weighted by molar-refractivity contribution is 5.85. The molecule has 0 radical (unpaired) electrons. The molecule has 0 saturated heterocycles. The number of aromatic nitrogens is 3. The van der Waals surface area contributed by atoms with Crippen molar-refractivity contribution < 1.29 is 14.2 Å². The summed E-state index contributed by atoms with van der Waals surface area (Å²) in [5, 5.41) is 17.8. The van der Waals surface area contributed by atoms with Gasteiger partial charge in [0.25, 0.3) is 0 Å². The number of hydrogen-bond acceptors (Lipinski definition) is 5. The first-order valence-corrected chi connectivity index (χ1v) is 7.73. The van der Waals surface area contributed by atoms with Crippen LogP contribution in [0.25, 0.3) is 0 Å². The summed E-state index contributed by atoms with van der Waals surface area (Å²) in [7, 11) is 5.14. The average molecular weight is 379 g/mol. The maximum Gasteiger partial charge on any atom is 0.231 e. The molecule has 26 heavy (non-hydrogen) atoms. The monoisotopic (exact) mass is 378 g/mol. The molecule has 0 fully saturated rings. The Morgan fingerprint density at radius 1 is 1.15 bits per heavy atom. The average Bonchev–Trinajstić information content (AvgIpc) is 2.97. The Hall–Kier alpha value is -2.80. The molecule has 0 unspecified atom stereocenters. The van der Waals surface area contributed by atoms with Crippen LogP contribution in [0.5, 0.6) is 11.5 Å². The summed E-state index contributed by atoms with van der Waals surface area (Å²) in [6.07, 6.45) is 0.588. The normalized spacial score (nSPS) is 10.3. The zero-order valence-corrected chi connectivity index (χ0v) is 15.5. The van der Waals surface area contributed by atoms with E-state index in [0.717, 1.165) is 17.1 Å². The molecule has 1 aromatic heterocycles. The number of hydrogen-bond donors (Lipinski definition) is 1. The number of benzene rings is 2. The number of phenols is 1. The molecule has 0 spiro atoms. The first-order chi connectivity index (χ1) is 12.0. The Kier molecular flexibility index (Phi) is 6.05. The lowest BCUT2D eigenvalue weighted by Crippen LogP contribution is -2.15. The molecule has 2 aromatic carbocycles. The fourth-order valence-corrected chi connectivity index (χ4v) is 2.57. The third-order valence-corrected chi connectivity index (χ3v) is 4.06. The van der Waals surface area contributed by atoms with E-state index in [2.05, 4.69) is 10.2 Å². The molecule has 138 valence electrons. The lowest BCUT2D eigenvalue weighted by atomic mass is 10.1. The van der Waals surface area contributed by atoms with Gasteiger partial charge < -0.3 is 14.7 Å². The molecule has 0 aliphatic carbocycles. The van der Waals surface area contributed by atoms with Crippen molar-refractivity contribution in [3.05, 3.63) is 59.7 Å². The van der Waals surface area contributed by atoms with Crippen LogP contribution in [0.1, 0.15) is 11.4 Å². The van der Waals surface area contributed by atoms with Crippen molar-refractivity contribution in [3.63, 3.8) is 0 Å². The zero-order valence-electron chi connectivity index (χ0n) is 14.7. The summed E-state index contributed by atoms with van der Waals surface area (Å²) < 4.78 is 20.5. The standard InChI is InChI=1S/C18H19FN4O2.ClH/c1-22(13-6-9-15(19)16(11-13)25-3)18-21-20-17(23(18)2)10-12-4-7-14(24)8-5-12;/h4-9,11,24H,10H2,1-3H3;1H. The van der Waals surface area contributed by atoms with E-state index in [0.29, 0.717) is 12.4 Å². The van der Waals surface area contributed by atoms with Gasteiger partial charge in [-0.2, -0.15) is 0 Å². The molecule has 0 atom stereocenters. The van der Waals surface area contributed by atoms with Crippen LogP contribution < -0.4 is 9.64 Å². The minimum absolute atomic E-state index is 0. The van der Waals surface area contributed by atoms with Gasteiger partial charge >= 0.3 is 0 Å². The van der Waals surface area contributed by atoms with Crippen LogP contribution >= 0.6 is 12.4 Å². The van der Waals surface area contributed by atoms with Crippen molar-refractivity contribution in [2.24, 2.45) is 7.05 Å². The van der Waals surface area contributed by atoms with E-state index in [4.69, 9.17) is 4.74 Å². The highest BCUT2D eigenvalue weighted by Crippen LogP contribution is 2.28. The van der Waals surface area contributed by atoms with Crippen LogP contribution in [0.15, 0.2) is 42.5 Å². The SMILES string of the molecule is COc1cc(N(C)c2nnc(Cc3ccc(O)cc3)n2C)ccc1F.Cl. The summed E-state index contributed by atoms with van der Waals surface area (Å²) in [5.74, 6) is 1.40. The van der Waals surface area contributed by atoms with E-state index < -0.39 is 5.82 Å². The lowest BCUT2D eigenvalue weighted by Gasteiger charge is -2.19. The van der Waals surface area contributed by atoms with Crippen molar-refractivity contribution in [1.82, 2.24) is 14.8 Å². The summed E-state index contributed by atoms with van der Waals surface area (Å²) in [5.41, 5.74) is 1.76. The van der Waals surface area contributed by atoms with E-state index in [1.807, 2.05) is 35.7 Å². The largest absolute Gasteiger partial charge is 0.508 e. The van der Waals surface area contributed by atoms with E-state index in [1.54, 1.807) is 24.3 Å². The highest BCUT2D eigenvalue weighted by atomic mass is 35.5. The van der Waals surface area contributed by atoms with Crippen LogP contribution in [0.2, 0.25) is 0 Å². The predicted molar refractivity (Wildman–Crippen MR) is 100 cm³/mol. The summed E-state index contributed by atoms with van der Waals surface area (Å²) in [6, 6.07) is 11.6. The van der Waals surface area contributed by atoms with Gasteiger partial charge in [0.05, 0.1) is 7.11 Å². The van der Waals surface area contributed by atoms with Gasteiger partial charge in [-0.05, 0) is 29.8 Å². The predicted octanol–water partition coefficient (Wildman–Crippen LogP) is 3.45. The molecule has 0 amide bonds. The van der Waals surface area contributed by atoms with Crippen molar-refractivity contribution in [2.75, 3.05) is 19.1 Å². The fourth-order valence-electron chi connectivity index (χ4n) is 2.57. The maximum absolute atomic E-state index is 13.6. The molecule has 1 heterocycles. The molecule has 1 N–H and O–H groups in total. The third kappa shape index (κ3) is 3.88. The number of rotatable bonds is 5. The molecule has 0 saturated carbocycles. The molecule has 0 aliphatic heterocycles. The van der Waals surface area contributed by atoms with Gasteiger partial charge in [-0.3, -0.25) is 4.57 Å². The second-order valence-corrected chi connectivity index (χ2v) is 5.70. The Bertz CT molecular complexity index is 883. The molecule has 6 nitrogen and oxygen atoms in total. The van der Waals surface area contributed by atoms with Gasteiger partial charge in [-0.25, -0.2) is 4.39 Å². The smallest absolute Gasteiger partial charge is 0.231 e. The maximum atomic E-state index is 13.6. The van der Waals surface area contributed by atoms with Crippen LogP contribution in [-0.4, -0.2) is 34.0 Å². The third-order valence-electron chi connectivity index (χ3n) is 4.06. The van der Waals surface area contributed by atoms with Crippen molar-refractivity contribution in [2.45, 2.75) is 6.42 Å². The Balaban J connectivity index is 0.00000243. The first kappa shape index (κ1) is 19.5. The van der Waals surface area contributed by atoms with Gasteiger partial charge in [0.1, 0.15) is 11.6 Å². The molecule has 0 bridgehead atoms. The molecule has 3 rings (SSSR count). The van der Waals surface area contributed by atoms with Gasteiger partial charge in [0, 0.05) is 32.3 Å². The van der Waals surface area contributed by atoms with Crippen LogP contribution in [0.3, 0.4) is 0 Å². The highest BCUT2D eigenvalue weighted by Gasteiger charge is 2.16. The Morgan fingerprint density at radius 3 is 2.50 bits per heavy atom. The molecular weight excluding hydrogens is 359 g/mol. The zero-order chi connectivity index (χ0) is 18.0. The fraction of sp³-hybridized carbons (Fsp3) is 0.222. The van der Waals surface area contributed by atoms with E-state index >= 15 is 0 Å². The van der Waals surface area contributed by atoms with Crippen molar-refractivity contribution >= 4 is 24.0 Å². The lowest BCUT2D eigenvalue weighted by molar-refractivity contribution is 0.386. The van der Waals surface area contributed by atoms with Gasteiger partial charge in [-0.15, -0.1) is 22.6 Å². The van der Waals surface area contributed by atoms with E-state index in [1.165, 1.54) is 13.2 Å². The quantitative estimate of drug-likeness (QED) is 0.736. The van der Waals surface area contributed by atoms with Gasteiger partial charge in [0.15, 0.2) is 11.6 Å². The topological polar surface area (TPSA) is 63.4 Å². The Morgan fingerprint density at radius 2 is 1.85 bits per heavy atom. The number of phenolic OH excluding ortho intramolecular Hbond substituents is 1. The number of anilines is 2. The molecule has 3 aromatic rings. The number of nitrogens with zero attached hydrogens (tertiary/aromatic N) is 4. The van der Waals surface area contributed by atoms with E-state index in [-0.39, 0.29) is 23.9 Å². The van der Waals surface area contributed by atoms with Gasteiger partial charge in [-0.1, -0.05) is 12.1 Å². The Labute approximate surface area is 157 Å². The van der Waals surface area contributed by atoms with Crippen LogP contribution in [0.4, 0.5) is 16.0 Å². The molecular formula is C18H20ClFN4O2. The minimum atomic E-state index is -0.411. The summed E-state index contributed by atoms with van der Waals surface area (Å²) >= 11 is 0. The minimum Gasteiger partial charge on any atom is -0.508 e. The summed E-state index contributed by atoms with van der Waals surface area (Å²) in [6.45, 7) is 0. The van der Waals surface area contributed by atoms with Crippen LogP contribution in [-0.2, 0) is 13.5 Å². The second-order valence-electron chi connectivity index (χ2n) is 5.70. The number of halogens is 2. The van der Waals surface area contributed by atoms with Crippen molar-refractivity contribution in [3.8, 4) is 11.5 Å². The number of aromatic hydroxyl groups is 1. The first-order valence-electron chi connectivity index (χ1n) is 7.73. The second kappa shape index (κ2) is 8.05. The number of methoxy groups -OCH3 is 1. The number of ether oxygens (including phenoxy) is 1.